The summed E-state index contributed by atoms with van der Waals surface area (Å²) in [6.07, 6.45) is 7.60. The molecule has 3 rings (SSSR count). The highest BCUT2D eigenvalue weighted by molar-refractivity contribution is 7.91. The zero-order chi connectivity index (χ0) is 17.2. The Bertz CT molecular complexity index is 636. The first-order valence-electron chi connectivity index (χ1n) is 8.85. The third-order valence-corrected chi connectivity index (χ3v) is 6.82. The standard InChI is InChI=1S/C16H25N3O4S/c20-15-8-7-14(16(21)17-12-5-3-1-2-4-6-12)18-19(15)13-9-10-24(22,23)11-13/h12-13H,1-11H2,(H,17,21)/t13-/m0/s1. The number of nitrogens with one attached hydrogen (secondary N) is 1. The summed E-state index contributed by atoms with van der Waals surface area (Å²) in [6, 6.07) is -0.246. The third-order valence-electron chi connectivity index (χ3n) is 5.07. The molecule has 0 aromatic rings. The lowest BCUT2D eigenvalue weighted by Crippen LogP contribution is -2.45. The number of hydrogen-bond acceptors (Lipinski definition) is 5. The predicted octanol–water partition coefficient (Wildman–Crippen LogP) is 0.991. The maximum Gasteiger partial charge on any atom is 0.267 e. The number of carbonyl (C=O) groups is 2. The van der Waals surface area contributed by atoms with Crippen molar-refractivity contribution in [2.24, 2.45) is 5.10 Å². The molecular formula is C16H25N3O4S. The van der Waals surface area contributed by atoms with E-state index in [1.807, 2.05) is 0 Å². The van der Waals surface area contributed by atoms with Gasteiger partial charge < -0.3 is 5.32 Å². The molecule has 2 aliphatic heterocycles. The number of hydrazone groups is 1. The third kappa shape index (κ3) is 4.15. The van der Waals surface area contributed by atoms with E-state index in [1.54, 1.807) is 0 Å². The van der Waals surface area contributed by atoms with Gasteiger partial charge in [0.2, 0.25) is 5.91 Å². The molecular weight excluding hydrogens is 330 g/mol. The molecule has 0 unspecified atom stereocenters. The van der Waals surface area contributed by atoms with E-state index in [1.165, 1.54) is 17.9 Å². The van der Waals surface area contributed by atoms with Gasteiger partial charge in [-0.25, -0.2) is 13.4 Å². The second-order valence-electron chi connectivity index (χ2n) is 7.00. The van der Waals surface area contributed by atoms with Crippen LogP contribution < -0.4 is 5.32 Å². The summed E-state index contributed by atoms with van der Waals surface area (Å²) in [5.41, 5.74) is 0.350. The molecule has 1 atom stereocenters. The molecule has 0 spiro atoms. The van der Waals surface area contributed by atoms with Gasteiger partial charge in [-0.2, -0.15) is 5.10 Å². The van der Waals surface area contributed by atoms with Crippen LogP contribution in [0.15, 0.2) is 5.10 Å². The van der Waals surface area contributed by atoms with Gasteiger partial charge in [-0.1, -0.05) is 25.7 Å². The Morgan fingerprint density at radius 2 is 1.79 bits per heavy atom. The van der Waals surface area contributed by atoms with Crippen molar-refractivity contribution in [3.05, 3.63) is 0 Å². The molecule has 8 heteroatoms. The molecule has 0 aromatic heterocycles. The van der Waals surface area contributed by atoms with Crippen LogP contribution in [-0.4, -0.2) is 54.5 Å². The van der Waals surface area contributed by atoms with Gasteiger partial charge >= 0.3 is 0 Å². The van der Waals surface area contributed by atoms with E-state index >= 15 is 0 Å². The summed E-state index contributed by atoms with van der Waals surface area (Å²) in [5, 5.41) is 8.51. The summed E-state index contributed by atoms with van der Waals surface area (Å²) >= 11 is 0. The monoisotopic (exact) mass is 355 g/mol. The van der Waals surface area contributed by atoms with E-state index in [4.69, 9.17) is 0 Å². The first kappa shape index (κ1) is 17.4. The minimum Gasteiger partial charge on any atom is -0.348 e. The van der Waals surface area contributed by atoms with E-state index < -0.39 is 15.9 Å². The Labute approximate surface area is 142 Å². The second kappa shape index (κ2) is 7.21. The number of nitrogens with zero attached hydrogens (tertiary/aromatic N) is 2. The summed E-state index contributed by atoms with van der Waals surface area (Å²) in [5.74, 6) is -0.372. The van der Waals surface area contributed by atoms with Crippen LogP contribution in [0.1, 0.15) is 57.8 Å². The summed E-state index contributed by atoms with van der Waals surface area (Å²) in [6.45, 7) is 0. The fourth-order valence-corrected chi connectivity index (χ4v) is 5.37. The summed E-state index contributed by atoms with van der Waals surface area (Å²) in [4.78, 5) is 24.6. The summed E-state index contributed by atoms with van der Waals surface area (Å²) in [7, 11) is -3.10. The van der Waals surface area contributed by atoms with Crippen molar-refractivity contribution in [3.8, 4) is 0 Å². The number of rotatable bonds is 3. The maximum absolute atomic E-state index is 12.5. The van der Waals surface area contributed by atoms with Crippen molar-refractivity contribution < 1.29 is 18.0 Å². The Morgan fingerprint density at radius 3 is 2.42 bits per heavy atom. The lowest BCUT2D eigenvalue weighted by molar-refractivity contribution is -0.133. The Balaban J connectivity index is 1.67. The largest absolute Gasteiger partial charge is 0.348 e. The SMILES string of the molecule is O=C(NC1CCCCCC1)C1=NN([C@H]2CCS(=O)(=O)C2)C(=O)CC1. The van der Waals surface area contributed by atoms with Gasteiger partial charge in [0, 0.05) is 18.9 Å². The van der Waals surface area contributed by atoms with Crippen LogP contribution in [-0.2, 0) is 19.4 Å². The Hall–Kier alpha value is -1.44. The number of hydrogen-bond donors (Lipinski definition) is 1. The molecule has 24 heavy (non-hydrogen) atoms. The average Bonchev–Trinajstić information content (AvgIpc) is 2.73. The molecule has 1 N–H and O–H groups in total. The van der Waals surface area contributed by atoms with Crippen molar-refractivity contribution in [2.75, 3.05) is 11.5 Å². The quantitative estimate of drug-likeness (QED) is 0.764. The van der Waals surface area contributed by atoms with Crippen LogP contribution in [0.5, 0.6) is 0 Å². The topological polar surface area (TPSA) is 95.9 Å². The van der Waals surface area contributed by atoms with Gasteiger partial charge in [-0.3, -0.25) is 9.59 Å². The van der Waals surface area contributed by atoms with Crippen LogP contribution in [0, 0.1) is 0 Å². The van der Waals surface area contributed by atoms with Crippen LogP contribution in [0.2, 0.25) is 0 Å². The molecule has 0 radical (unpaired) electrons. The van der Waals surface area contributed by atoms with Gasteiger partial charge in [0.15, 0.2) is 9.84 Å². The smallest absolute Gasteiger partial charge is 0.267 e. The predicted molar refractivity (Wildman–Crippen MR) is 90.2 cm³/mol. The van der Waals surface area contributed by atoms with Crippen molar-refractivity contribution in [1.29, 1.82) is 0 Å². The van der Waals surface area contributed by atoms with Gasteiger partial charge in [0.05, 0.1) is 17.5 Å². The summed E-state index contributed by atoms with van der Waals surface area (Å²) < 4.78 is 23.3. The van der Waals surface area contributed by atoms with E-state index in [9.17, 15) is 18.0 Å². The zero-order valence-electron chi connectivity index (χ0n) is 13.9. The molecule has 7 nitrogen and oxygen atoms in total. The number of carbonyl (C=O) groups excluding carboxylic acids is 2. The number of sulfone groups is 1. The first-order valence-corrected chi connectivity index (χ1v) is 10.7. The molecule has 2 heterocycles. The highest BCUT2D eigenvalue weighted by Gasteiger charge is 2.37. The van der Waals surface area contributed by atoms with Gasteiger partial charge in [-0.05, 0) is 19.3 Å². The fourth-order valence-electron chi connectivity index (χ4n) is 3.68. The van der Waals surface area contributed by atoms with E-state index in [0.29, 0.717) is 18.6 Å². The lowest BCUT2D eigenvalue weighted by atomic mass is 10.1. The van der Waals surface area contributed by atoms with Gasteiger partial charge in [-0.15, -0.1) is 0 Å². The first-order chi connectivity index (χ1) is 11.4. The molecule has 1 saturated carbocycles. The zero-order valence-corrected chi connectivity index (χ0v) is 14.7. The van der Waals surface area contributed by atoms with Crippen molar-refractivity contribution in [2.45, 2.75) is 69.9 Å². The highest BCUT2D eigenvalue weighted by Crippen LogP contribution is 2.22. The van der Waals surface area contributed by atoms with E-state index in [2.05, 4.69) is 10.4 Å². The Morgan fingerprint density at radius 1 is 1.08 bits per heavy atom. The van der Waals surface area contributed by atoms with Crippen molar-refractivity contribution in [3.63, 3.8) is 0 Å². The minimum atomic E-state index is -3.10. The second-order valence-corrected chi connectivity index (χ2v) is 9.23. The normalized spacial score (nSPS) is 28.3. The number of amides is 2. The molecule has 1 saturated heterocycles. The molecule has 1 aliphatic carbocycles. The van der Waals surface area contributed by atoms with Crippen molar-refractivity contribution >= 4 is 27.4 Å². The molecule has 134 valence electrons. The van der Waals surface area contributed by atoms with Gasteiger partial charge in [0.25, 0.3) is 5.91 Å². The van der Waals surface area contributed by atoms with Crippen LogP contribution >= 0.6 is 0 Å². The van der Waals surface area contributed by atoms with Gasteiger partial charge in [0.1, 0.15) is 5.71 Å². The van der Waals surface area contributed by atoms with Crippen LogP contribution in [0.3, 0.4) is 0 Å². The molecule has 2 amide bonds. The highest BCUT2D eigenvalue weighted by atomic mass is 32.2. The minimum absolute atomic E-state index is 0.0558. The molecule has 0 aromatic carbocycles. The fraction of sp³-hybridized carbons (Fsp3) is 0.812. The molecule has 3 aliphatic rings. The van der Waals surface area contributed by atoms with Crippen molar-refractivity contribution in [1.82, 2.24) is 10.3 Å². The lowest BCUT2D eigenvalue weighted by Gasteiger charge is -2.28. The van der Waals surface area contributed by atoms with Crippen LogP contribution in [0.25, 0.3) is 0 Å². The maximum atomic E-state index is 12.5. The molecule has 0 bridgehead atoms. The van der Waals surface area contributed by atoms with E-state index in [-0.39, 0.29) is 35.8 Å². The van der Waals surface area contributed by atoms with Crippen LogP contribution in [0.4, 0.5) is 0 Å². The average molecular weight is 355 g/mol. The molecule has 2 fully saturated rings. The van der Waals surface area contributed by atoms with E-state index in [0.717, 1.165) is 25.7 Å². The Kier molecular flexibility index (Phi) is 5.22.